The highest BCUT2D eigenvalue weighted by atomic mass is 32.2. The zero-order valence-corrected chi connectivity index (χ0v) is 12.2. The molecule has 8 heteroatoms. The molecule has 110 valence electrons. The third-order valence-electron chi connectivity index (χ3n) is 3.72. The van der Waals surface area contributed by atoms with E-state index in [0.717, 1.165) is 5.75 Å². The molecular formula is C13H14N4O3S. The van der Waals surface area contributed by atoms with Crippen molar-refractivity contribution < 1.29 is 9.72 Å². The minimum Gasteiger partial charge on any atom is -0.341 e. The number of nitro benzene ring substituents is 1. The van der Waals surface area contributed by atoms with Crippen LogP contribution >= 0.6 is 11.8 Å². The summed E-state index contributed by atoms with van der Waals surface area (Å²) in [6, 6.07) is 4.67. The number of hydrazone groups is 1. The minimum absolute atomic E-state index is 0.0648. The fraction of sp³-hybridized carbons (Fsp3) is 0.385. The van der Waals surface area contributed by atoms with Crippen LogP contribution in [0.4, 0.5) is 5.69 Å². The third-order valence-corrected chi connectivity index (χ3v) is 4.74. The lowest BCUT2D eigenvalue weighted by Crippen LogP contribution is -2.57. The van der Waals surface area contributed by atoms with Crippen LogP contribution in [-0.4, -0.2) is 45.7 Å². The molecule has 2 aliphatic heterocycles. The molecule has 1 N–H and O–H groups in total. The Hall–Kier alpha value is -2.09. The number of fused-ring (bicyclic) bond motifs is 1. The number of hydrogen-bond acceptors (Lipinski definition) is 6. The van der Waals surface area contributed by atoms with E-state index in [9.17, 15) is 14.9 Å². The molecule has 2 heterocycles. The van der Waals surface area contributed by atoms with E-state index in [-0.39, 0.29) is 17.6 Å². The van der Waals surface area contributed by atoms with Crippen LogP contribution in [-0.2, 0) is 4.79 Å². The molecule has 0 bridgehead atoms. The van der Waals surface area contributed by atoms with Crippen molar-refractivity contribution in [3.8, 4) is 0 Å². The number of nitrogens with one attached hydrogen (secondary N) is 1. The van der Waals surface area contributed by atoms with Crippen molar-refractivity contribution in [3.05, 3.63) is 39.4 Å². The van der Waals surface area contributed by atoms with E-state index in [0.29, 0.717) is 29.3 Å². The standard InChI is InChI=1S/C13H14N4O3S/c1-8-9(3-2-4-10(8)17(19)20)12-14-15-13(18)11-7-21-6-5-16(11)12/h2-4,11H,5-7H2,1H3,(H,15,18). The van der Waals surface area contributed by atoms with E-state index in [2.05, 4.69) is 10.5 Å². The van der Waals surface area contributed by atoms with Gasteiger partial charge < -0.3 is 4.90 Å². The van der Waals surface area contributed by atoms with Crippen molar-refractivity contribution in [1.29, 1.82) is 0 Å². The molecule has 21 heavy (non-hydrogen) atoms. The number of thioether (sulfide) groups is 1. The van der Waals surface area contributed by atoms with E-state index >= 15 is 0 Å². The van der Waals surface area contributed by atoms with Crippen LogP contribution in [0.25, 0.3) is 0 Å². The topological polar surface area (TPSA) is 87.8 Å². The lowest BCUT2D eigenvalue weighted by molar-refractivity contribution is -0.385. The average Bonchev–Trinajstić information content (AvgIpc) is 2.48. The highest BCUT2D eigenvalue weighted by molar-refractivity contribution is 7.99. The maximum Gasteiger partial charge on any atom is 0.273 e. The monoisotopic (exact) mass is 306 g/mol. The smallest absolute Gasteiger partial charge is 0.273 e. The second-order valence-electron chi connectivity index (χ2n) is 4.90. The Bertz CT molecular complexity index is 646. The molecule has 1 atom stereocenters. The Morgan fingerprint density at radius 2 is 2.33 bits per heavy atom. The van der Waals surface area contributed by atoms with Crippen LogP contribution in [0.15, 0.2) is 23.3 Å². The van der Waals surface area contributed by atoms with Crippen molar-refractivity contribution in [2.75, 3.05) is 18.1 Å². The predicted molar refractivity (Wildman–Crippen MR) is 80.3 cm³/mol. The van der Waals surface area contributed by atoms with E-state index < -0.39 is 4.92 Å². The van der Waals surface area contributed by atoms with Crippen molar-refractivity contribution in [1.82, 2.24) is 10.3 Å². The summed E-state index contributed by atoms with van der Waals surface area (Å²) in [5, 5.41) is 15.2. The van der Waals surface area contributed by atoms with Gasteiger partial charge in [0, 0.05) is 35.2 Å². The zero-order chi connectivity index (χ0) is 15.0. The molecule has 0 spiro atoms. The summed E-state index contributed by atoms with van der Waals surface area (Å²) in [6.45, 7) is 2.42. The number of amidine groups is 1. The molecular weight excluding hydrogens is 292 g/mol. The Kier molecular flexibility index (Phi) is 3.54. The number of benzene rings is 1. The maximum absolute atomic E-state index is 11.9. The first-order chi connectivity index (χ1) is 10.1. The Balaban J connectivity index is 2.05. The van der Waals surface area contributed by atoms with Crippen LogP contribution in [0, 0.1) is 17.0 Å². The van der Waals surface area contributed by atoms with Gasteiger partial charge >= 0.3 is 0 Å². The number of carbonyl (C=O) groups excluding carboxylic acids is 1. The third kappa shape index (κ3) is 2.35. The quantitative estimate of drug-likeness (QED) is 0.653. The van der Waals surface area contributed by atoms with Gasteiger partial charge in [-0.3, -0.25) is 14.9 Å². The molecule has 3 rings (SSSR count). The summed E-state index contributed by atoms with van der Waals surface area (Å²) in [6.07, 6.45) is 0. The highest BCUT2D eigenvalue weighted by Crippen LogP contribution is 2.27. The van der Waals surface area contributed by atoms with Gasteiger partial charge in [0.05, 0.1) is 4.92 Å². The van der Waals surface area contributed by atoms with Crippen LogP contribution < -0.4 is 5.43 Å². The SMILES string of the molecule is Cc1c(C2=NNC(=O)C3CSCCN23)cccc1[N+](=O)[O-]. The highest BCUT2D eigenvalue weighted by Gasteiger charge is 2.36. The number of hydrogen-bond donors (Lipinski definition) is 1. The van der Waals surface area contributed by atoms with Gasteiger partial charge in [0.1, 0.15) is 6.04 Å². The molecule has 1 aromatic rings. The van der Waals surface area contributed by atoms with E-state index in [1.54, 1.807) is 30.8 Å². The predicted octanol–water partition coefficient (Wildman–Crippen LogP) is 1.11. The Morgan fingerprint density at radius 1 is 1.52 bits per heavy atom. The van der Waals surface area contributed by atoms with Gasteiger partial charge in [-0.25, -0.2) is 5.43 Å². The van der Waals surface area contributed by atoms with Gasteiger partial charge in [-0.2, -0.15) is 16.9 Å². The number of nitro groups is 1. The van der Waals surface area contributed by atoms with Gasteiger partial charge in [-0.05, 0) is 6.92 Å². The van der Waals surface area contributed by atoms with Crippen LogP contribution in [0.2, 0.25) is 0 Å². The minimum atomic E-state index is -0.398. The summed E-state index contributed by atoms with van der Waals surface area (Å²) in [7, 11) is 0. The number of nitrogens with zero attached hydrogens (tertiary/aromatic N) is 3. The number of rotatable bonds is 2. The van der Waals surface area contributed by atoms with Gasteiger partial charge in [0.2, 0.25) is 0 Å². The summed E-state index contributed by atoms with van der Waals surface area (Å²) < 4.78 is 0. The molecule has 0 aliphatic carbocycles. The van der Waals surface area contributed by atoms with E-state index in [4.69, 9.17) is 0 Å². The lowest BCUT2D eigenvalue weighted by atomic mass is 10.0. The second kappa shape index (κ2) is 5.36. The molecule has 1 fully saturated rings. The van der Waals surface area contributed by atoms with Crippen LogP contribution in [0.3, 0.4) is 0 Å². The average molecular weight is 306 g/mol. The number of amides is 1. The van der Waals surface area contributed by atoms with Crippen LogP contribution in [0.5, 0.6) is 0 Å². The van der Waals surface area contributed by atoms with Crippen LogP contribution in [0.1, 0.15) is 11.1 Å². The zero-order valence-electron chi connectivity index (χ0n) is 11.4. The molecule has 1 saturated heterocycles. The van der Waals surface area contributed by atoms with Crippen molar-refractivity contribution in [2.45, 2.75) is 13.0 Å². The second-order valence-corrected chi connectivity index (χ2v) is 6.05. The molecule has 0 radical (unpaired) electrons. The van der Waals surface area contributed by atoms with Crippen molar-refractivity contribution >= 4 is 29.2 Å². The fourth-order valence-electron chi connectivity index (χ4n) is 2.60. The fourth-order valence-corrected chi connectivity index (χ4v) is 3.65. The van der Waals surface area contributed by atoms with E-state index in [1.807, 2.05) is 4.90 Å². The molecule has 1 aromatic carbocycles. The Morgan fingerprint density at radius 3 is 3.10 bits per heavy atom. The molecule has 7 nitrogen and oxygen atoms in total. The molecule has 1 unspecified atom stereocenters. The molecule has 1 amide bonds. The largest absolute Gasteiger partial charge is 0.341 e. The summed E-state index contributed by atoms with van der Waals surface area (Å²) in [5.41, 5.74) is 3.85. The molecule has 2 aliphatic rings. The van der Waals surface area contributed by atoms with Crippen molar-refractivity contribution in [2.24, 2.45) is 5.10 Å². The maximum atomic E-state index is 11.9. The van der Waals surface area contributed by atoms with Gasteiger partial charge in [0.25, 0.3) is 11.6 Å². The van der Waals surface area contributed by atoms with Gasteiger partial charge in [-0.15, -0.1) is 0 Å². The first kappa shape index (κ1) is 13.9. The normalized spacial score (nSPS) is 21.4. The summed E-state index contributed by atoms with van der Waals surface area (Å²) in [5.74, 6) is 2.12. The van der Waals surface area contributed by atoms with E-state index in [1.165, 1.54) is 6.07 Å². The summed E-state index contributed by atoms with van der Waals surface area (Å²) in [4.78, 5) is 24.5. The lowest BCUT2D eigenvalue weighted by Gasteiger charge is -2.39. The van der Waals surface area contributed by atoms with Gasteiger partial charge in [-0.1, -0.05) is 12.1 Å². The first-order valence-corrected chi connectivity index (χ1v) is 7.71. The number of carbonyl (C=O) groups is 1. The molecule has 0 saturated carbocycles. The summed E-state index contributed by atoms with van der Waals surface area (Å²) >= 11 is 1.73. The van der Waals surface area contributed by atoms with Crippen molar-refractivity contribution in [3.63, 3.8) is 0 Å². The first-order valence-electron chi connectivity index (χ1n) is 6.56. The Labute approximate surface area is 125 Å². The van der Waals surface area contributed by atoms with Gasteiger partial charge in [0.15, 0.2) is 5.84 Å². The molecule has 0 aromatic heterocycles.